The lowest BCUT2D eigenvalue weighted by Gasteiger charge is -2.09. The van der Waals surface area contributed by atoms with Crippen LogP contribution in [-0.4, -0.2) is 118 Å². The van der Waals surface area contributed by atoms with Crippen molar-refractivity contribution in [3.63, 3.8) is 0 Å². The number of hydrogen-bond donors (Lipinski definition) is 1. The zero-order chi connectivity index (χ0) is 32.3. The summed E-state index contributed by atoms with van der Waals surface area (Å²) in [6.45, 7) is 13.0. The molecule has 1 rings (SSSR count). The molecule has 1 N–H and O–H groups in total. The van der Waals surface area contributed by atoms with Crippen LogP contribution in [0.1, 0.15) is 65.2 Å². The Hall–Kier alpha value is -1.83. The Balaban J connectivity index is 1.66. The molecule has 262 valence electrons. The second kappa shape index (κ2) is 33.5. The molecule has 1 aromatic carbocycles. The number of anilines is 1. The summed E-state index contributed by atoms with van der Waals surface area (Å²) < 4.78 is 49.7. The number of carbonyl (C=O) groups is 1. The summed E-state index contributed by atoms with van der Waals surface area (Å²) in [6.07, 6.45) is 10.5. The van der Waals surface area contributed by atoms with E-state index in [1.165, 1.54) is 51.9 Å². The molecule has 0 unspecified atom stereocenters. The molecule has 0 atom stereocenters. The minimum Gasteiger partial charge on any atom is -0.491 e. The monoisotopic (exact) mass is 643 g/mol. The van der Waals surface area contributed by atoms with Crippen LogP contribution >= 0.6 is 0 Å². The fourth-order valence-electron chi connectivity index (χ4n) is 4.04. The van der Waals surface area contributed by atoms with Gasteiger partial charge >= 0.3 is 0 Å². The van der Waals surface area contributed by atoms with Crippen molar-refractivity contribution in [2.24, 2.45) is 0 Å². The van der Waals surface area contributed by atoms with Crippen molar-refractivity contribution in [2.75, 3.05) is 118 Å². The predicted molar refractivity (Wildman–Crippen MR) is 175 cm³/mol. The SMILES string of the molecule is CCCCCCCCCCOCCOCCOCCOCCOCCOCCOCCOCCOc1ccc(NC(C)=O)cc1. The van der Waals surface area contributed by atoms with E-state index in [0.29, 0.717) is 106 Å². The minimum atomic E-state index is -0.103. The normalized spacial score (nSPS) is 11.2. The molecule has 45 heavy (non-hydrogen) atoms. The molecule has 0 aromatic heterocycles. The smallest absolute Gasteiger partial charge is 0.221 e. The Kier molecular flexibility index (Phi) is 30.7. The van der Waals surface area contributed by atoms with Crippen molar-refractivity contribution in [2.45, 2.75) is 65.2 Å². The number of hydrogen-bond acceptors (Lipinski definition) is 10. The van der Waals surface area contributed by atoms with Crippen molar-refractivity contribution in [3.05, 3.63) is 24.3 Å². The molecular formula is C34H61NO10. The number of benzene rings is 1. The number of carbonyl (C=O) groups excluding carboxylic acids is 1. The molecule has 11 heteroatoms. The first-order chi connectivity index (χ1) is 22.2. The summed E-state index contributed by atoms with van der Waals surface area (Å²) >= 11 is 0. The van der Waals surface area contributed by atoms with Gasteiger partial charge in [0, 0.05) is 19.2 Å². The summed E-state index contributed by atoms with van der Waals surface area (Å²) in [5, 5.41) is 2.71. The Labute approximate surface area is 271 Å². The molecule has 0 bridgehead atoms. The van der Waals surface area contributed by atoms with Crippen LogP contribution in [0, 0.1) is 0 Å². The van der Waals surface area contributed by atoms with Gasteiger partial charge < -0.3 is 47.9 Å². The molecule has 0 fully saturated rings. The number of nitrogens with one attached hydrogen (secondary N) is 1. The quantitative estimate of drug-likeness (QED) is 0.0979. The number of ether oxygens (including phenoxy) is 9. The average Bonchev–Trinajstić information content (AvgIpc) is 3.04. The fourth-order valence-corrected chi connectivity index (χ4v) is 4.04. The zero-order valence-electron chi connectivity index (χ0n) is 28.1. The van der Waals surface area contributed by atoms with E-state index in [2.05, 4.69) is 12.2 Å². The van der Waals surface area contributed by atoms with Gasteiger partial charge in [-0.05, 0) is 30.7 Å². The van der Waals surface area contributed by atoms with Crippen LogP contribution in [0.25, 0.3) is 0 Å². The molecule has 0 radical (unpaired) electrons. The van der Waals surface area contributed by atoms with E-state index in [-0.39, 0.29) is 5.91 Å². The Morgan fingerprint density at radius 1 is 0.467 bits per heavy atom. The van der Waals surface area contributed by atoms with E-state index in [1.54, 1.807) is 24.3 Å². The summed E-state index contributed by atoms with van der Waals surface area (Å²) in [5.41, 5.74) is 0.737. The maximum Gasteiger partial charge on any atom is 0.221 e. The van der Waals surface area contributed by atoms with Crippen LogP contribution in [0.3, 0.4) is 0 Å². The van der Waals surface area contributed by atoms with Gasteiger partial charge in [-0.1, -0.05) is 51.9 Å². The molecule has 1 amide bonds. The highest BCUT2D eigenvalue weighted by atomic mass is 16.6. The fraction of sp³-hybridized carbons (Fsp3) is 0.794. The van der Waals surface area contributed by atoms with Crippen molar-refractivity contribution in [1.29, 1.82) is 0 Å². The maximum absolute atomic E-state index is 11.0. The van der Waals surface area contributed by atoms with Gasteiger partial charge in [0.2, 0.25) is 5.91 Å². The van der Waals surface area contributed by atoms with Gasteiger partial charge in [0.25, 0.3) is 0 Å². The minimum absolute atomic E-state index is 0.103. The Morgan fingerprint density at radius 2 is 0.800 bits per heavy atom. The van der Waals surface area contributed by atoms with Gasteiger partial charge in [-0.2, -0.15) is 0 Å². The van der Waals surface area contributed by atoms with Gasteiger partial charge in [0.1, 0.15) is 12.4 Å². The van der Waals surface area contributed by atoms with E-state index >= 15 is 0 Å². The lowest BCUT2D eigenvalue weighted by Crippen LogP contribution is -2.15. The third kappa shape index (κ3) is 30.6. The van der Waals surface area contributed by atoms with Crippen molar-refractivity contribution in [1.82, 2.24) is 0 Å². The molecule has 1 aromatic rings. The van der Waals surface area contributed by atoms with Crippen LogP contribution < -0.4 is 10.1 Å². The van der Waals surface area contributed by atoms with E-state index in [0.717, 1.165) is 24.5 Å². The number of rotatable bonds is 35. The van der Waals surface area contributed by atoms with Gasteiger partial charge in [-0.3, -0.25) is 4.79 Å². The average molecular weight is 644 g/mol. The molecule has 0 saturated heterocycles. The number of unbranched alkanes of at least 4 members (excludes halogenated alkanes) is 7. The molecule has 0 aliphatic rings. The third-order valence-corrected chi connectivity index (χ3v) is 6.42. The van der Waals surface area contributed by atoms with Gasteiger partial charge in [0.05, 0.1) is 99.1 Å². The molecule has 11 nitrogen and oxygen atoms in total. The topological polar surface area (TPSA) is 112 Å². The van der Waals surface area contributed by atoms with Gasteiger partial charge in [-0.15, -0.1) is 0 Å². The summed E-state index contributed by atoms with van der Waals surface area (Å²) in [5.74, 6) is 0.619. The molecule has 0 heterocycles. The third-order valence-electron chi connectivity index (χ3n) is 6.42. The van der Waals surface area contributed by atoms with Gasteiger partial charge in [0.15, 0.2) is 0 Å². The van der Waals surface area contributed by atoms with E-state index in [9.17, 15) is 4.79 Å². The number of amides is 1. The van der Waals surface area contributed by atoms with Crippen LogP contribution in [0.15, 0.2) is 24.3 Å². The summed E-state index contributed by atoms with van der Waals surface area (Å²) in [7, 11) is 0. The first kappa shape index (κ1) is 41.2. The van der Waals surface area contributed by atoms with Crippen molar-refractivity contribution in [3.8, 4) is 5.75 Å². The van der Waals surface area contributed by atoms with E-state index in [1.807, 2.05) is 0 Å². The first-order valence-corrected chi connectivity index (χ1v) is 16.8. The van der Waals surface area contributed by atoms with Crippen molar-refractivity contribution < 1.29 is 47.4 Å². The lowest BCUT2D eigenvalue weighted by atomic mass is 10.1. The predicted octanol–water partition coefficient (Wildman–Crippen LogP) is 5.30. The highest BCUT2D eigenvalue weighted by molar-refractivity contribution is 5.88. The first-order valence-electron chi connectivity index (χ1n) is 16.8. The Bertz CT molecular complexity index is 753. The molecule has 0 aliphatic heterocycles. The standard InChI is InChI=1S/C34H61NO10/c1-3-4-5-6-7-8-9-10-15-37-16-17-38-18-19-39-20-21-40-22-23-41-24-25-42-26-27-43-28-29-44-30-31-45-34-13-11-33(12-14-34)35-32(2)36/h11-14H,3-10,15-31H2,1-2H3,(H,35,36). The highest BCUT2D eigenvalue weighted by Gasteiger charge is 1.99. The largest absolute Gasteiger partial charge is 0.491 e. The molecule has 0 spiro atoms. The van der Waals surface area contributed by atoms with Crippen LogP contribution in [0.4, 0.5) is 5.69 Å². The highest BCUT2D eigenvalue weighted by Crippen LogP contribution is 2.15. The van der Waals surface area contributed by atoms with E-state index < -0.39 is 0 Å². The maximum atomic E-state index is 11.0. The van der Waals surface area contributed by atoms with Crippen LogP contribution in [0.2, 0.25) is 0 Å². The second-order valence-corrected chi connectivity index (χ2v) is 10.4. The summed E-state index contributed by atoms with van der Waals surface area (Å²) in [4.78, 5) is 11.0. The molecule has 0 saturated carbocycles. The van der Waals surface area contributed by atoms with Crippen molar-refractivity contribution >= 4 is 11.6 Å². The Morgan fingerprint density at radius 3 is 1.18 bits per heavy atom. The zero-order valence-corrected chi connectivity index (χ0v) is 28.1. The molecular weight excluding hydrogens is 582 g/mol. The second-order valence-electron chi connectivity index (χ2n) is 10.4. The van der Waals surface area contributed by atoms with Crippen LogP contribution in [0.5, 0.6) is 5.75 Å². The van der Waals surface area contributed by atoms with Gasteiger partial charge in [-0.25, -0.2) is 0 Å². The van der Waals surface area contributed by atoms with E-state index in [4.69, 9.17) is 42.6 Å². The lowest BCUT2D eigenvalue weighted by molar-refractivity contribution is -0.114. The summed E-state index contributed by atoms with van der Waals surface area (Å²) in [6, 6.07) is 7.20. The van der Waals surface area contributed by atoms with Crippen LogP contribution in [-0.2, 0) is 42.7 Å². The molecule has 0 aliphatic carbocycles.